The molecule has 0 unspecified atom stereocenters. The normalized spacial score (nSPS) is 10.2. The Morgan fingerprint density at radius 2 is 1.43 bits per heavy atom. The van der Waals surface area contributed by atoms with E-state index in [4.69, 9.17) is 14.2 Å². The summed E-state index contributed by atoms with van der Waals surface area (Å²) < 4.78 is 16.8. The van der Waals surface area contributed by atoms with E-state index in [0.717, 1.165) is 11.3 Å². The molecule has 0 aliphatic rings. The summed E-state index contributed by atoms with van der Waals surface area (Å²) in [4.78, 5) is 12.2. The zero-order valence-electron chi connectivity index (χ0n) is 15.8. The Labute approximate surface area is 164 Å². The van der Waals surface area contributed by atoms with Crippen molar-refractivity contribution < 1.29 is 19.0 Å². The molecule has 0 atom stereocenters. The van der Waals surface area contributed by atoms with Gasteiger partial charge < -0.3 is 19.5 Å². The molecule has 28 heavy (non-hydrogen) atoms. The molecule has 0 saturated heterocycles. The van der Waals surface area contributed by atoms with Crippen molar-refractivity contribution in [1.29, 1.82) is 0 Å². The Hall–Kier alpha value is -3.47. The van der Waals surface area contributed by atoms with Crippen LogP contribution >= 0.6 is 0 Å². The van der Waals surface area contributed by atoms with Crippen molar-refractivity contribution in [2.75, 3.05) is 18.5 Å². The lowest BCUT2D eigenvalue weighted by Crippen LogP contribution is -2.20. The van der Waals surface area contributed by atoms with Crippen molar-refractivity contribution in [2.45, 2.75) is 13.5 Å². The Kier molecular flexibility index (Phi) is 6.90. The SMILES string of the molecule is CCOc1ccccc1NC(=O)COc1ccc(OCc2ccccc2)cc1. The zero-order valence-corrected chi connectivity index (χ0v) is 15.8. The van der Waals surface area contributed by atoms with Crippen LogP contribution < -0.4 is 19.5 Å². The van der Waals surface area contributed by atoms with Crippen LogP contribution in [-0.2, 0) is 11.4 Å². The summed E-state index contributed by atoms with van der Waals surface area (Å²) in [6, 6.07) is 24.5. The van der Waals surface area contributed by atoms with Gasteiger partial charge in [-0.3, -0.25) is 4.79 Å². The summed E-state index contributed by atoms with van der Waals surface area (Å²) in [5.74, 6) is 1.72. The molecule has 3 aromatic rings. The van der Waals surface area contributed by atoms with E-state index in [-0.39, 0.29) is 12.5 Å². The second-order valence-electron chi connectivity index (χ2n) is 6.01. The first-order valence-electron chi connectivity index (χ1n) is 9.16. The Bertz CT molecular complexity index is 879. The lowest BCUT2D eigenvalue weighted by Gasteiger charge is -2.12. The number of para-hydroxylation sites is 2. The third kappa shape index (κ3) is 5.77. The quantitative estimate of drug-likeness (QED) is 0.588. The molecule has 0 bridgehead atoms. The molecule has 144 valence electrons. The highest BCUT2D eigenvalue weighted by Crippen LogP contribution is 2.24. The fraction of sp³-hybridized carbons (Fsp3) is 0.174. The van der Waals surface area contributed by atoms with E-state index < -0.39 is 0 Å². The fourth-order valence-electron chi connectivity index (χ4n) is 2.56. The van der Waals surface area contributed by atoms with Crippen molar-refractivity contribution in [3.63, 3.8) is 0 Å². The summed E-state index contributed by atoms with van der Waals surface area (Å²) in [5, 5.41) is 2.80. The molecule has 0 heterocycles. The third-order valence-electron chi connectivity index (χ3n) is 3.90. The molecule has 5 heteroatoms. The second kappa shape index (κ2) is 10.0. The minimum absolute atomic E-state index is 0.0926. The number of carbonyl (C=O) groups excluding carboxylic acids is 1. The Morgan fingerprint density at radius 3 is 2.14 bits per heavy atom. The molecular formula is C23H23NO4. The first-order chi connectivity index (χ1) is 13.7. The van der Waals surface area contributed by atoms with Crippen molar-refractivity contribution in [2.24, 2.45) is 0 Å². The number of nitrogens with one attached hydrogen (secondary N) is 1. The largest absolute Gasteiger partial charge is 0.492 e. The number of rotatable bonds is 9. The molecule has 0 aliphatic carbocycles. The summed E-state index contributed by atoms with van der Waals surface area (Å²) in [6.45, 7) is 2.84. The highest BCUT2D eigenvalue weighted by molar-refractivity contribution is 5.93. The molecule has 0 aliphatic heterocycles. The number of amides is 1. The Morgan fingerprint density at radius 1 is 0.786 bits per heavy atom. The molecule has 0 radical (unpaired) electrons. The van der Waals surface area contributed by atoms with Crippen LogP contribution in [0.4, 0.5) is 5.69 Å². The second-order valence-corrected chi connectivity index (χ2v) is 6.01. The molecule has 5 nitrogen and oxygen atoms in total. The summed E-state index contributed by atoms with van der Waals surface area (Å²) >= 11 is 0. The maximum atomic E-state index is 12.2. The zero-order chi connectivity index (χ0) is 19.6. The molecule has 3 aromatic carbocycles. The standard InChI is InChI=1S/C23H23NO4/c1-2-26-22-11-7-6-10-21(22)24-23(25)17-28-20-14-12-19(13-15-20)27-16-18-8-4-3-5-9-18/h3-15H,2,16-17H2,1H3,(H,24,25). The molecular weight excluding hydrogens is 354 g/mol. The van der Waals surface area contributed by atoms with Crippen molar-refractivity contribution in [1.82, 2.24) is 0 Å². The van der Waals surface area contributed by atoms with E-state index >= 15 is 0 Å². The van der Waals surface area contributed by atoms with Crippen molar-refractivity contribution in [3.8, 4) is 17.2 Å². The molecule has 0 fully saturated rings. The highest BCUT2D eigenvalue weighted by Gasteiger charge is 2.08. The number of hydrogen-bond acceptors (Lipinski definition) is 4. The Balaban J connectivity index is 1.47. The van der Waals surface area contributed by atoms with E-state index in [9.17, 15) is 4.79 Å². The van der Waals surface area contributed by atoms with Gasteiger partial charge in [-0.25, -0.2) is 0 Å². The van der Waals surface area contributed by atoms with E-state index in [1.807, 2.05) is 67.6 Å². The monoisotopic (exact) mass is 377 g/mol. The van der Waals surface area contributed by atoms with Gasteiger partial charge in [-0.1, -0.05) is 42.5 Å². The first kappa shape index (κ1) is 19.3. The predicted molar refractivity (Wildman–Crippen MR) is 109 cm³/mol. The number of carbonyl (C=O) groups is 1. The number of anilines is 1. The van der Waals surface area contributed by atoms with E-state index in [1.54, 1.807) is 18.2 Å². The number of benzene rings is 3. The number of hydrogen-bond donors (Lipinski definition) is 1. The highest BCUT2D eigenvalue weighted by atomic mass is 16.5. The van der Waals surface area contributed by atoms with Crippen LogP contribution in [0.2, 0.25) is 0 Å². The van der Waals surface area contributed by atoms with Gasteiger partial charge in [0, 0.05) is 0 Å². The molecule has 0 spiro atoms. The van der Waals surface area contributed by atoms with Gasteiger partial charge in [0.15, 0.2) is 6.61 Å². The van der Waals surface area contributed by atoms with Gasteiger partial charge >= 0.3 is 0 Å². The van der Waals surface area contributed by atoms with E-state index in [1.165, 1.54) is 0 Å². The van der Waals surface area contributed by atoms with E-state index in [2.05, 4.69) is 5.32 Å². The summed E-state index contributed by atoms with van der Waals surface area (Å²) in [5.41, 5.74) is 1.73. The lowest BCUT2D eigenvalue weighted by molar-refractivity contribution is -0.118. The lowest BCUT2D eigenvalue weighted by atomic mass is 10.2. The summed E-state index contributed by atoms with van der Waals surface area (Å²) in [7, 11) is 0. The summed E-state index contributed by atoms with van der Waals surface area (Å²) in [6.07, 6.45) is 0. The molecule has 3 rings (SSSR count). The van der Waals surface area contributed by atoms with Crippen LogP contribution in [0, 0.1) is 0 Å². The maximum Gasteiger partial charge on any atom is 0.262 e. The average Bonchev–Trinajstić information content (AvgIpc) is 2.74. The smallest absolute Gasteiger partial charge is 0.262 e. The minimum atomic E-state index is -0.253. The van der Waals surface area contributed by atoms with Crippen LogP contribution in [-0.4, -0.2) is 19.1 Å². The predicted octanol–water partition coefficient (Wildman–Crippen LogP) is 4.68. The van der Waals surface area contributed by atoms with Gasteiger partial charge in [0.1, 0.15) is 23.9 Å². The number of ether oxygens (including phenoxy) is 3. The van der Waals surface area contributed by atoms with Crippen LogP contribution in [0.1, 0.15) is 12.5 Å². The van der Waals surface area contributed by atoms with Crippen LogP contribution in [0.15, 0.2) is 78.9 Å². The molecule has 0 aromatic heterocycles. The average molecular weight is 377 g/mol. The van der Waals surface area contributed by atoms with Gasteiger partial charge in [0.2, 0.25) is 0 Å². The van der Waals surface area contributed by atoms with Crippen LogP contribution in [0.25, 0.3) is 0 Å². The molecule has 1 N–H and O–H groups in total. The van der Waals surface area contributed by atoms with Gasteiger partial charge in [0.25, 0.3) is 5.91 Å². The van der Waals surface area contributed by atoms with Crippen LogP contribution in [0.5, 0.6) is 17.2 Å². The maximum absolute atomic E-state index is 12.2. The van der Waals surface area contributed by atoms with Gasteiger partial charge in [-0.2, -0.15) is 0 Å². The van der Waals surface area contributed by atoms with Crippen molar-refractivity contribution >= 4 is 11.6 Å². The van der Waals surface area contributed by atoms with Gasteiger partial charge in [0.05, 0.1) is 12.3 Å². The minimum Gasteiger partial charge on any atom is -0.492 e. The van der Waals surface area contributed by atoms with Gasteiger partial charge in [-0.05, 0) is 48.9 Å². The first-order valence-corrected chi connectivity index (χ1v) is 9.16. The van der Waals surface area contributed by atoms with Crippen LogP contribution in [0.3, 0.4) is 0 Å². The molecule has 0 saturated carbocycles. The topological polar surface area (TPSA) is 56.8 Å². The van der Waals surface area contributed by atoms with E-state index in [0.29, 0.717) is 30.4 Å². The van der Waals surface area contributed by atoms with Gasteiger partial charge in [-0.15, -0.1) is 0 Å². The van der Waals surface area contributed by atoms with Crippen molar-refractivity contribution in [3.05, 3.63) is 84.4 Å². The molecule has 1 amide bonds. The fourth-order valence-corrected chi connectivity index (χ4v) is 2.56. The third-order valence-corrected chi connectivity index (χ3v) is 3.90.